The van der Waals surface area contributed by atoms with E-state index >= 15 is 0 Å². The van der Waals surface area contributed by atoms with Crippen LogP contribution in [0.5, 0.6) is 0 Å². The van der Waals surface area contributed by atoms with Gasteiger partial charge in [-0.2, -0.15) is 0 Å². The molecular weight excluding hydrogens is 304 g/mol. The Kier molecular flexibility index (Phi) is 4.84. The molecule has 1 unspecified atom stereocenters. The van der Waals surface area contributed by atoms with Gasteiger partial charge in [-0.3, -0.25) is 4.98 Å². The third-order valence-corrected chi connectivity index (χ3v) is 4.80. The van der Waals surface area contributed by atoms with Crippen molar-refractivity contribution in [2.24, 2.45) is 0 Å². The lowest BCUT2D eigenvalue weighted by Crippen LogP contribution is -2.14. The highest BCUT2D eigenvalue weighted by Crippen LogP contribution is 2.43. The third-order valence-electron chi connectivity index (χ3n) is 4.57. The van der Waals surface area contributed by atoms with Crippen LogP contribution in [0, 0.1) is 0 Å². The van der Waals surface area contributed by atoms with Crippen LogP contribution in [0.2, 0.25) is 5.02 Å². The molecule has 2 nitrogen and oxygen atoms in total. The lowest BCUT2D eigenvalue weighted by molar-refractivity contribution is 0.412. The highest BCUT2D eigenvalue weighted by molar-refractivity contribution is 6.30. The quantitative estimate of drug-likeness (QED) is 0.784. The summed E-state index contributed by atoms with van der Waals surface area (Å²) < 4.78 is 0. The fourth-order valence-corrected chi connectivity index (χ4v) is 3.58. The molecule has 0 amide bonds. The third kappa shape index (κ3) is 3.49. The minimum absolute atomic E-state index is 0.302. The van der Waals surface area contributed by atoms with E-state index in [-0.39, 0.29) is 0 Å². The van der Waals surface area contributed by atoms with Crippen molar-refractivity contribution in [1.82, 2.24) is 9.88 Å². The van der Waals surface area contributed by atoms with Crippen molar-refractivity contribution in [2.75, 3.05) is 20.6 Å². The van der Waals surface area contributed by atoms with Gasteiger partial charge in [0, 0.05) is 29.4 Å². The molecule has 23 heavy (non-hydrogen) atoms. The molecule has 0 radical (unpaired) electrons. The highest BCUT2D eigenvalue weighted by Gasteiger charge is 2.26. The van der Waals surface area contributed by atoms with Gasteiger partial charge in [0.2, 0.25) is 0 Å². The number of nitrogens with zero attached hydrogens (tertiary/aromatic N) is 2. The molecule has 3 rings (SSSR count). The van der Waals surface area contributed by atoms with Crippen LogP contribution in [-0.2, 0) is 6.42 Å². The SMILES string of the molecule is CC(C1=C(CCN(C)C)Cc2cc(Cl)ccc21)c1ccccn1. The average molecular weight is 327 g/mol. The van der Waals surface area contributed by atoms with Crippen molar-refractivity contribution in [1.29, 1.82) is 0 Å². The number of aromatic nitrogens is 1. The molecule has 0 spiro atoms. The van der Waals surface area contributed by atoms with E-state index in [1.165, 1.54) is 22.3 Å². The summed E-state index contributed by atoms with van der Waals surface area (Å²) in [5.74, 6) is 0.302. The number of fused-ring (bicyclic) bond motifs is 1. The summed E-state index contributed by atoms with van der Waals surface area (Å²) >= 11 is 6.20. The summed E-state index contributed by atoms with van der Waals surface area (Å²) in [6.45, 7) is 3.33. The molecule has 0 N–H and O–H groups in total. The summed E-state index contributed by atoms with van der Waals surface area (Å²) in [7, 11) is 4.25. The van der Waals surface area contributed by atoms with Crippen molar-refractivity contribution in [3.8, 4) is 0 Å². The maximum absolute atomic E-state index is 6.20. The number of pyridine rings is 1. The predicted molar refractivity (Wildman–Crippen MR) is 97.9 cm³/mol. The van der Waals surface area contributed by atoms with Crippen LogP contribution in [0.1, 0.15) is 36.1 Å². The van der Waals surface area contributed by atoms with E-state index in [0.717, 1.165) is 30.1 Å². The first-order chi connectivity index (χ1) is 11.1. The first-order valence-corrected chi connectivity index (χ1v) is 8.50. The van der Waals surface area contributed by atoms with Crippen molar-refractivity contribution >= 4 is 17.2 Å². The van der Waals surface area contributed by atoms with E-state index in [1.54, 1.807) is 0 Å². The molecule has 0 saturated carbocycles. The van der Waals surface area contributed by atoms with Crippen LogP contribution in [0.3, 0.4) is 0 Å². The monoisotopic (exact) mass is 326 g/mol. The second kappa shape index (κ2) is 6.86. The first kappa shape index (κ1) is 16.2. The second-order valence-electron chi connectivity index (χ2n) is 6.53. The predicted octanol–water partition coefficient (Wildman–Crippen LogP) is 4.80. The van der Waals surface area contributed by atoms with E-state index in [1.807, 2.05) is 18.3 Å². The van der Waals surface area contributed by atoms with Gasteiger partial charge in [0.05, 0.1) is 0 Å². The van der Waals surface area contributed by atoms with E-state index < -0.39 is 0 Å². The molecule has 3 heteroatoms. The second-order valence-corrected chi connectivity index (χ2v) is 6.96. The van der Waals surface area contributed by atoms with Crippen LogP contribution in [0.4, 0.5) is 0 Å². The van der Waals surface area contributed by atoms with Gasteiger partial charge in [-0.15, -0.1) is 0 Å². The van der Waals surface area contributed by atoms with Crippen molar-refractivity contribution < 1.29 is 0 Å². The summed E-state index contributed by atoms with van der Waals surface area (Å²) in [5, 5.41) is 0.822. The molecular formula is C20H23ClN2. The Labute approximate surface area is 143 Å². The Morgan fingerprint density at radius 2 is 2.04 bits per heavy atom. The number of rotatable bonds is 5. The molecule has 120 valence electrons. The number of allylic oxidation sites excluding steroid dienone is 1. The molecule has 1 atom stereocenters. The smallest absolute Gasteiger partial charge is 0.0475 e. The Balaban J connectivity index is 2.00. The summed E-state index contributed by atoms with van der Waals surface area (Å²) in [6, 6.07) is 12.5. The number of halogens is 1. The van der Waals surface area contributed by atoms with Gasteiger partial charge in [0.1, 0.15) is 0 Å². The Hall–Kier alpha value is -1.64. The zero-order chi connectivity index (χ0) is 16.4. The maximum Gasteiger partial charge on any atom is 0.0475 e. The van der Waals surface area contributed by atoms with Gasteiger partial charge in [-0.25, -0.2) is 0 Å². The fourth-order valence-electron chi connectivity index (χ4n) is 3.39. The van der Waals surface area contributed by atoms with Crippen molar-refractivity contribution in [3.63, 3.8) is 0 Å². The Morgan fingerprint density at radius 3 is 2.74 bits per heavy atom. The lowest BCUT2D eigenvalue weighted by Gasteiger charge is -2.18. The van der Waals surface area contributed by atoms with Gasteiger partial charge >= 0.3 is 0 Å². The highest BCUT2D eigenvalue weighted by atomic mass is 35.5. The van der Waals surface area contributed by atoms with Crippen LogP contribution in [0.25, 0.3) is 5.57 Å². The molecule has 0 fully saturated rings. The number of hydrogen-bond donors (Lipinski definition) is 0. The minimum atomic E-state index is 0.302. The molecule has 1 aromatic carbocycles. The van der Waals surface area contributed by atoms with Gasteiger partial charge < -0.3 is 4.90 Å². The molecule has 0 aliphatic heterocycles. The van der Waals surface area contributed by atoms with Gasteiger partial charge in [0.15, 0.2) is 0 Å². The standard InChI is InChI=1S/C20H23ClN2/c1-14(19-6-4-5-10-22-19)20-15(9-11-23(2)3)12-16-13-17(21)7-8-18(16)20/h4-8,10,13-14H,9,11-12H2,1-3H3. The zero-order valence-corrected chi connectivity index (χ0v) is 14.8. The number of hydrogen-bond acceptors (Lipinski definition) is 2. The molecule has 1 aromatic heterocycles. The zero-order valence-electron chi connectivity index (χ0n) is 14.0. The van der Waals surface area contributed by atoms with E-state index in [9.17, 15) is 0 Å². The van der Waals surface area contributed by atoms with Crippen LogP contribution in [0.15, 0.2) is 48.2 Å². The lowest BCUT2D eigenvalue weighted by atomic mass is 9.89. The number of benzene rings is 1. The molecule has 1 aliphatic rings. The molecule has 1 heterocycles. The molecule has 0 saturated heterocycles. The van der Waals surface area contributed by atoms with E-state index in [0.29, 0.717) is 5.92 Å². The first-order valence-electron chi connectivity index (χ1n) is 8.12. The van der Waals surface area contributed by atoms with E-state index in [4.69, 9.17) is 11.6 Å². The summed E-state index contributed by atoms with van der Waals surface area (Å²) in [4.78, 5) is 6.81. The molecule has 0 bridgehead atoms. The van der Waals surface area contributed by atoms with Crippen LogP contribution >= 0.6 is 11.6 Å². The summed E-state index contributed by atoms with van der Waals surface area (Å²) in [5.41, 5.74) is 6.80. The van der Waals surface area contributed by atoms with Crippen LogP contribution < -0.4 is 0 Å². The normalized spacial score (nSPS) is 15.2. The molecule has 2 aromatic rings. The minimum Gasteiger partial charge on any atom is -0.309 e. The Bertz CT molecular complexity index is 720. The van der Waals surface area contributed by atoms with Gasteiger partial charge in [-0.1, -0.05) is 36.2 Å². The van der Waals surface area contributed by atoms with Gasteiger partial charge in [0.25, 0.3) is 0 Å². The largest absolute Gasteiger partial charge is 0.309 e. The molecule has 1 aliphatic carbocycles. The van der Waals surface area contributed by atoms with E-state index in [2.05, 4.69) is 55.2 Å². The van der Waals surface area contributed by atoms with Crippen molar-refractivity contribution in [2.45, 2.75) is 25.7 Å². The maximum atomic E-state index is 6.20. The van der Waals surface area contributed by atoms with Crippen LogP contribution in [-0.4, -0.2) is 30.5 Å². The van der Waals surface area contributed by atoms with Crippen molar-refractivity contribution in [3.05, 3.63) is 70.0 Å². The summed E-state index contributed by atoms with van der Waals surface area (Å²) in [6.07, 6.45) is 3.98. The topological polar surface area (TPSA) is 16.1 Å². The Morgan fingerprint density at radius 1 is 1.22 bits per heavy atom. The fraction of sp³-hybridized carbons (Fsp3) is 0.350. The van der Waals surface area contributed by atoms with Gasteiger partial charge in [-0.05, 0) is 67.9 Å². The average Bonchev–Trinajstić information content (AvgIpc) is 2.90.